The molecule has 32 heavy (non-hydrogen) atoms. The number of aromatic nitrogens is 3. The molecule has 1 saturated carbocycles. The fraction of sp³-hybridized carbons (Fsp3) is 0.591. The third-order valence-electron chi connectivity index (χ3n) is 6.40. The summed E-state index contributed by atoms with van der Waals surface area (Å²) >= 11 is 1.41. The maximum atomic E-state index is 13.4. The van der Waals surface area contributed by atoms with Gasteiger partial charge in [-0.05, 0) is 50.7 Å². The van der Waals surface area contributed by atoms with Crippen LogP contribution in [0.2, 0.25) is 0 Å². The van der Waals surface area contributed by atoms with E-state index < -0.39 is 9.84 Å². The number of anilines is 2. The molecule has 3 fully saturated rings. The number of carbonyl (C=O) groups is 1. The van der Waals surface area contributed by atoms with Gasteiger partial charge in [0, 0.05) is 24.8 Å². The molecule has 1 aromatic heterocycles. The molecule has 3 heterocycles. The average molecular weight is 476 g/mol. The molecule has 2 aliphatic heterocycles. The van der Waals surface area contributed by atoms with Gasteiger partial charge in [0.05, 0.1) is 23.3 Å². The van der Waals surface area contributed by atoms with Crippen molar-refractivity contribution in [3.8, 4) is 0 Å². The Balaban J connectivity index is 1.34. The van der Waals surface area contributed by atoms with Crippen LogP contribution in [0.5, 0.6) is 0 Å². The van der Waals surface area contributed by atoms with E-state index >= 15 is 0 Å². The standard InChI is InChI=1S/C22H29N5O3S2/c28-20(26(17-7-3-1-4-8-17)19-11-14-32(29,30)16-19)15-31-22-24-23-21(27(22)18-9-10-18)25-12-5-2-6-13-25/h1,3-4,7-8,18-19H,2,5-6,9-16H2. The molecule has 1 aliphatic carbocycles. The monoisotopic (exact) mass is 475 g/mol. The number of nitrogens with zero attached hydrogens (tertiary/aromatic N) is 5. The number of hydrogen-bond donors (Lipinski definition) is 0. The second-order valence-corrected chi connectivity index (χ2v) is 12.0. The molecule has 0 spiro atoms. The van der Waals surface area contributed by atoms with Crippen LogP contribution in [0.1, 0.15) is 44.6 Å². The van der Waals surface area contributed by atoms with Gasteiger partial charge in [0.25, 0.3) is 0 Å². The van der Waals surface area contributed by atoms with Crippen LogP contribution in [-0.2, 0) is 14.6 Å². The summed E-state index contributed by atoms with van der Waals surface area (Å²) in [7, 11) is -3.10. The smallest absolute Gasteiger partial charge is 0.237 e. The summed E-state index contributed by atoms with van der Waals surface area (Å²) in [4.78, 5) is 17.4. The van der Waals surface area contributed by atoms with E-state index in [-0.39, 0.29) is 29.2 Å². The highest BCUT2D eigenvalue weighted by Crippen LogP contribution is 2.41. The molecule has 0 bridgehead atoms. The van der Waals surface area contributed by atoms with E-state index in [2.05, 4.69) is 19.7 Å². The molecule has 5 rings (SSSR count). The van der Waals surface area contributed by atoms with Crippen molar-refractivity contribution in [2.45, 2.75) is 55.8 Å². The zero-order valence-corrected chi connectivity index (χ0v) is 19.7. The van der Waals surface area contributed by atoms with Crippen LogP contribution in [0, 0.1) is 0 Å². The molecule has 172 valence electrons. The number of para-hydroxylation sites is 1. The van der Waals surface area contributed by atoms with Crippen LogP contribution in [0.3, 0.4) is 0 Å². The molecule has 3 aliphatic rings. The molecule has 2 aromatic rings. The number of sulfone groups is 1. The first-order valence-corrected chi connectivity index (χ1v) is 14.2. The van der Waals surface area contributed by atoms with Crippen molar-refractivity contribution in [1.82, 2.24) is 14.8 Å². The van der Waals surface area contributed by atoms with Crippen molar-refractivity contribution in [3.63, 3.8) is 0 Å². The van der Waals surface area contributed by atoms with Gasteiger partial charge in [-0.15, -0.1) is 10.2 Å². The maximum Gasteiger partial charge on any atom is 0.237 e. The topological polar surface area (TPSA) is 88.4 Å². The third kappa shape index (κ3) is 4.66. The molecule has 1 aromatic carbocycles. The van der Waals surface area contributed by atoms with Gasteiger partial charge in [-0.3, -0.25) is 9.36 Å². The number of amides is 1. The first-order valence-electron chi connectivity index (χ1n) is 11.4. The van der Waals surface area contributed by atoms with Gasteiger partial charge in [0.15, 0.2) is 15.0 Å². The lowest BCUT2D eigenvalue weighted by atomic mass is 10.1. The molecular formula is C22H29N5O3S2. The van der Waals surface area contributed by atoms with E-state index in [4.69, 9.17) is 0 Å². The van der Waals surface area contributed by atoms with E-state index in [0.717, 1.165) is 42.7 Å². The lowest BCUT2D eigenvalue weighted by molar-refractivity contribution is -0.116. The van der Waals surface area contributed by atoms with Gasteiger partial charge in [0.1, 0.15) is 0 Å². The molecule has 8 nitrogen and oxygen atoms in total. The number of thioether (sulfide) groups is 1. The molecule has 1 amide bonds. The number of benzene rings is 1. The highest BCUT2D eigenvalue weighted by molar-refractivity contribution is 7.99. The van der Waals surface area contributed by atoms with E-state index in [0.29, 0.717) is 12.5 Å². The average Bonchev–Trinajstić information content (AvgIpc) is 3.45. The lowest BCUT2D eigenvalue weighted by Crippen LogP contribution is -2.42. The number of rotatable bonds is 7. The van der Waals surface area contributed by atoms with Crippen LogP contribution >= 0.6 is 11.8 Å². The van der Waals surface area contributed by atoms with Crippen LogP contribution in [0.4, 0.5) is 11.6 Å². The molecule has 0 radical (unpaired) electrons. The summed E-state index contributed by atoms with van der Waals surface area (Å²) in [6, 6.07) is 9.49. The molecule has 1 unspecified atom stereocenters. The Kier molecular flexibility index (Phi) is 6.16. The first-order chi connectivity index (χ1) is 15.5. The normalized spacial score (nSPS) is 22.8. The Hall–Kier alpha value is -2.07. The summed E-state index contributed by atoms with van der Waals surface area (Å²) in [5, 5.41) is 9.72. The van der Waals surface area contributed by atoms with Gasteiger partial charge in [-0.25, -0.2) is 8.42 Å². The van der Waals surface area contributed by atoms with Gasteiger partial charge < -0.3 is 9.80 Å². The minimum absolute atomic E-state index is 0.0235. The second kappa shape index (κ2) is 9.05. The van der Waals surface area contributed by atoms with Crippen molar-refractivity contribution < 1.29 is 13.2 Å². The van der Waals surface area contributed by atoms with Crippen molar-refractivity contribution >= 4 is 39.1 Å². The molecule has 2 saturated heterocycles. The molecule has 1 atom stereocenters. The second-order valence-electron chi connectivity index (χ2n) is 8.88. The van der Waals surface area contributed by atoms with Gasteiger partial charge in [-0.2, -0.15) is 0 Å². The predicted octanol–water partition coefficient (Wildman–Crippen LogP) is 2.92. The zero-order valence-electron chi connectivity index (χ0n) is 18.1. The highest BCUT2D eigenvalue weighted by Gasteiger charge is 2.36. The van der Waals surface area contributed by atoms with E-state index in [1.54, 1.807) is 4.90 Å². The molecule has 10 heteroatoms. The van der Waals surface area contributed by atoms with Gasteiger partial charge in [0.2, 0.25) is 11.9 Å². The summed E-state index contributed by atoms with van der Waals surface area (Å²) in [6.07, 6.45) is 6.33. The fourth-order valence-electron chi connectivity index (χ4n) is 4.65. The third-order valence-corrected chi connectivity index (χ3v) is 9.08. The minimum atomic E-state index is -3.10. The van der Waals surface area contributed by atoms with Crippen LogP contribution < -0.4 is 9.80 Å². The van der Waals surface area contributed by atoms with E-state index in [9.17, 15) is 13.2 Å². The largest absolute Gasteiger partial charge is 0.341 e. The number of piperidine rings is 1. The van der Waals surface area contributed by atoms with E-state index in [1.807, 2.05) is 30.3 Å². The fourth-order valence-corrected chi connectivity index (χ4v) is 7.21. The highest BCUT2D eigenvalue weighted by atomic mass is 32.2. The quantitative estimate of drug-likeness (QED) is 0.569. The maximum absolute atomic E-state index is 13.4. The number of carbonyl (C=O) groups excluding carboxylic acids is 1. The Morgan fingerprint density at radius 3 is 2.47 bits per heavy atom. The van der Waals surface area contributed by atoms with Crippen molar-refractivity contribution in [1.29, 1.82) is 0 Å². The Morgan fingerprint density at radius 1 is 1.06 bits per heavy atom. The number of hydrogen-bond acceptors (Lipinski definition) is 7. The Labute approximate surface area is 193 Å². The summed E-state index contributed by atoms with van der Waals surface area (Å²) in [5.74, 6) is 1.21. The van der Waals surface area contributed by atoms with Crippen molar-refractivity contribution in [2.24, 2.45) is 0 Å². The van der Waals surface area contributed by atoms with Crippen LogP contribution in [0.15, 0.2) is 35.5 Å². The Morgan fingerprint density at radius 2 is 1.81 bits per heavy atom. The van der Waals surface area contributed by atoms with Gasteiger partial charge in [-0.1, -0.05) is 30.0 Å². The van der Waals surface area contributed by atoms with Crippen molar-refractivity contribution in [3.05, 3.63) is 30.3 Å². The first kappa shape index (κ1) is 21.8. The summed E-state index contributed by atoms with van der Waals surface area (Å²) in [5.41, 5.74) is 0.748. The van der Waals surface area contributed by atoms with E-state index in [1.165, 1.54) is 31.0 Å². The van der Waals surface area contributed by atoms with Crippen molar-refractivity contribution in [2.75, 3.05) is 40.1 Å². The molecular weight excluding hydrogens is 446 g/mol. The van der Waals surface area contributed by atoms with Crippen LogP contribution in [0.25, 0.3) is 0 Å². The SMILES string of the molecule is O=C(CSc1nnc(N2CCCCC2)n1C1CC1)N(c1ccccc1)C1CCS(=O)(=O)C1. The lowest BCUT2D eigenvalue weighted by Gasteiger charge is -2.29. The molecule has 0 N–H and O–H groups in total. The Bertz CT molecular complexity index is 1060. The summed E-state index contributed by atoms with van der Waals surface area (Å²) in [6.45, 7) is 2.01. The summed E-state index contributed by atoms with van der Waals surface area (Å²) < 4.78 is 26.4. The predicted molar refractivity (Wildman–Crippen MR) is 126 cm³/mol. The van der Waals surface area contributed by atoms with Crippen LogP contribution in [-0.4, -0.2) is 65.5 Å². The van der Waals surface area contributed by atoms with Gasteiger partial charge >= 0.3 is 0 Å². The zero-order chi connectivity index (χ0) is 22.1. The minimum Gasteiger partial charge on any atom is -0.341 e.